The van der Waals surface area contributed by atoms with Crippen LogP contribution in [0.3, 0.4) is 0 Å². The van der Waals surface area contributed by atoms with E-state index < -0.39 is 0 Å². The van der Waals surface area contributed by atoms with Crippen molar-refractivity contribution in [1.29, 1.82) is 0 Å². The molecule has 3 atom stereocenters. The first-order valence-electron chi connectivity index (χ1n) is 4.83. The van der Waals surface area contributed by atoms with E-state index in [9.17, 15) is 9.59 Å². The largest absolute Gasteiger partial charge is 0.469 e. The smallest absolute Gasteiger partial charge is 0.308 e. The van der Waals surface area contributed by atoms with Crippen molar-refractivity contribution in [1.82, 2.24) is 0 Å². The van der Waals surface area contributed by atoms with Crippen molar-refractivity contribution in [3.8, 4) is 0 Å². The fraction of sp³-hybridized carbons (Fsp3) is 0.800. The molecule has 0 aromatic rings. The van der Waals surface area contributed by atoms with Gasteiger partial charge >= 0.3 is 5.97 Å². The highest BCUT2D eigenvalue weighted by molar-refractivity contribution is 5.86. The van der Waals surface area contributed by atoms with Gasteiger partial charge in [-0.25, -0.2) is 0 Å². The van der Waals surface area contributed by atoms with Crippen molar-refractivity contribution in [2.24, 2.45) is 17.8 Å². The van der Waals surface area contributed by atoms with Crippen LogP contribution >= 0.6 is 0 Å². The van der Waals surface area contributed by atoms with Crippen molar-refractivity contribution in [3.05, 3.63) is 0 Å². The number of hydrogen-bond donors (Lipinski definition) is 0. The van der Waals surface area contributed by atoms with Gasteiger partial charge in [-0.3, -0.25) is 9.59 Å². The summed E-state index contributed by atoms with van der Waals surface area (Å²) in [5, 5.41) is 0. The Hall–Kier alpha value is -0.860. The van der Waals surface area contributed by atoms with Crippen molar-refractivity contribution >= 4 is 11.8 Å². The Bertz CT molecular complexity index is 247. The van der Waals surface area contributed by atoms with Gasteiger partial charge in [-0.2, -0.15) is 0 Å². The fourth-order valence-electron chi connectivity index (χ4n) is 2.64. The van der Waals surface area contributed by atoms with E-state index in [0.29, 0.717) is 12.2 Å². The third-order valence-corrected chi connectivity index (χ3v) is 3.42. The SMILES string of the molecule is COC(=O)[C@@H]1C[C@H]2CC[C@@H]1CC2=O. The molecule has 3 aliphatic carbocycles. The van der Waals surface area contributed by atoms with E-state index in [1.54, 1.807) is 0 Å². The van der Waals surface area contributed by atoms with E-state index >= 15 is 0 Å². The van der Waals surface area contributed by atoms with Crippen LogP contribution < -0.4 is 0 Å². The molecular formula is C10H14O3. The maximum absolute atomic E-state index is 11.4. The van der Waals surface area contributed by atoms with Crippen LogP contribution in [0.2, 0.25) is 0 Å². The number of ether oxygens (including phenoxy) is 1. The minimum Gasteiger partial charge on any atom is -0.469 e. The summed E-state index contributed by atoms with van der Waals surface area (Å²) in [6.07, 6.45) is 3.34. The summed E-state index contributed by atoms with van der Waals surface area (Å²) in [5.41, 5.74) is 0. The van der Waals surface area contributed by atoms with Gasteiger partial charge in [-0.05, 0) is 25.2 Å². The summed E-state index contributed by atoms with van der Waals surface area (Å²) in [6, 6.07) is 0. The second-order valence-corrected chi connectivity index (χ2v) is 4.07. The van der Waals surface area contributed by atoms with E-state index in [1.165, 1.54) is 7.11 Å². The van der Waals surface area contributed by atoms with Gasteiger partial charge in [0.25, 0.3) is 0 Å². The molecule has 0 heterocycles. The van der Waals surface area contributed by atoms with E-state index in [2.05, 4.69) is 0 Å². The molecule has 0 aromatic heterocycles. The number of methoxy groups -OCH3 is 1. The van der Waals surface area contributed by atoms with Crippen LogP contribution in [-0.2, 0) is 14.3 Å². The molecule has 0 aliphatic heterocycles. The van der Waals surface area contributed by atoms with Gasteiger partial charge in [0.05, 0.1) is 13.0 Å². The minimum absolute atomic E-state index is 0.00134. The number of fused-ring (bicyclic) bond motifs is 3. The monoisotopic (exact) mass is 182 g/mol. The van der Waals surface area contributed by atoms with Crippen molar-refractivity contribution in [2.45, 2.75) is 25.7 Å². The maximum Gasteiger partial charge on any atom is 0.308 e. The normalized spacial score (nSPS) is 37.6. The molecular weight excluding hydrogens is 168 g/mol. The molecule has 3 heteroatoms. The Balaban J connectivity index is 2.10. The number of esters is 1. The molecule has 3 saturated carbocycles. The summed E-state index contributed by atoms with van der Waals surface area (Å²) >= 11 is 0. The number of carbonyl (C=O) groups is 2. The van der Waals surface area contributed by atoms with Crippen LogP contribution in [0.1, 0.15) is 25.7 Å². The van der Waals surface area contributed by atoms with Gasteiger partial charge in [-0.15, -0.1) is 0 Å². The average Bonchev–Trinajstić information content (AvgIpc) is 2.17. The zero-order chi connectivity index (χ0) is 9.42. The Morgan fingerprint density at radius 2 is 2.23 bits per heavy atom. The first-order chi connectivity index (χ1) is 6.22. The maximum atomic E-state index is 11.4. The Morgan fingerprint density at radius 1 is 1.46 bits per heavy atom. The number of hydrogen-bond acceptors (Lipinski definition) is 3. The predicted octanol–water partition coefficient (Wildman–Crippen LogP) is 1.16. The Morgan fingerprint density at radius 3 is 2.69 bits per heavy atom. The summed E-state index contributed by atoms with van der Waals surface area (Å²) in [4.78, 5) is 22.7. The molecule has 2 bridgehead atoms. The quantitative estimate of drug-likeness (QED) is 0.571. The van der Waals surface area contributed by atoms with Crippen molar-refractivity contribution in [2.75, 3.05) is 7.11 Å². The molecule has 72 valence electrons. The molecule has 3 fully saturated rings. The van der Waals surface area contributed by atoms with Gasteiger partial charge in [0, 0.05) is 12.3 Å². The summed E-state index contributed by atoms with van der Waals surface area (Å²) in [5.74, 6) is 0.652. The topological polar surface area (TPSA) is 43.4 Å². The highest BCUT2D eigenvalue weighted by Crippen LogP contribution is 2.43. The van der Waals surface area contributed by atoms with E-state index in [4.69, 9.17) is 4.74 Å². The minimum atomic E-state index is -0.123. The van der Waals surface area contributed by atoms with Crippen LogP contribution in [0, 0.1) is 17.8 Å². The first-order valence-corrected chi connectivity index (χ1v) is 4.83. The first kappa shape index (κ1) is 8.73. The van der Waals surface area contributed by atoms with Crippen molar-refractivity contribution in [3.63, 3.8) is 0 Å². The molecule has 3 aliphatic rings. The Kier molecular flexibility index (Phi) is 2.10. The third kappa shape index (κ3) is 1.36. The highest BCUT2D eigenvalue weighted by atomic mass is 16.5. The molecule has 0 amide bonds. The standard InChI is InChI=1S/C10H14O3/c1-13-10(12)8-4-7-3-2-6(8)5-9(7)11/h6-8H,2-5H2,1H3/t6-,7-,8-/m1/s1. The van der Waals surface area contributed by atoms with E-state index in [-0.39, 0.29) is 23.7 Å². The number of ketones is 1. The molecule has 0 unspecified atom stereocenters. The van der Waals surface area contributed by atoms with Crippen LogP contribution in [0.15, 0.2) is 0 Å². The molecule has 0 radical (unpaired) electrons. The van der Waals surface area contributed by atoms with Crippen LogP contribution in [0.5, 0.6) is 0 Å². The van der Waals surface area contributed by atoms with Crippen LogP contribution in [0.4, 0.5) is 0 Å². The fourth-order valence-corrected chi connectivity index (χ4v) is 2.64. The molecule has 13 heavy (non-hydrogen) atoms. The predicted molar refractivity (Wildman–Crippen MR) is 46.0 cm³/mol. The van der Waals surface area contributed by atoms with E-state index in [0.717, 1.165) is 19.3 Å². The second kappa shape index (κ2) is 3.13. The number of rotatable bonds is 1. The highest BCUT2D eigenvalue weighted by Gasteiger charge is 2.44. The summed E-state index contributed by atoms with van der Waals surface area (Å²) < 4.78 is 4.73. The molecule has 0 saturated heterocycles. The lowest BCUT2D eigenvalue weighted by atomic mass is 9.64. The van der Waals surface area contributed by atoms with Gasteiger partial charge in [0.2, 0.25) is 0 Å². The van der Waals surface area contributed by atoms with Gasteiger partial charge in [0.15, 0.2) is 0 Å². The lowest BCUT2D eigenvalue weighted by Gasteiger charge is -2.39. The summed E-state index contributed by atoms with van der Waals surface area (Å²) in [7, 11) is 1.42. The molecule has 3 rings (SSSR count). The second-order valence-electron chi connectivity index (χ2n) is 4.07. The zero-order valence-electron chi connectivity index (χ0n) is 7.79. The molecule has 0 N–H and O–H groups in total. The van der Waals surface area contributed by atoms with Gasteiger partial charge in [0.1, 0.15) is 5.78 Å². The summed E-state index contributed by atoms with van der Waals surface area (Å²) in [6.45, 7) is 0. The molecule has 0 aromatic carbocycles. The zero-order valence-corrected chi connectivity index (χ0v) is 7.79. The van der Waals surface area contributed by atoms with E-state index in [1.807, 2.05) is 0 Å². The number of carbonyl (C=O) groups excluding carboxylic acids is 2. The lowest BCUT2D eigenvalue weighted by Crippen LogP contribution is -2.41. The Labute approximate surface area is 77.4 Å². The van der Waals surface area contributed by atoms with Gasteiger partial charge in [-0.1, -0.05) is 0 Å². The van der Waals surface area contributed by atoms with Crippen LogP contribution in [0.25, 0.3) is 0 Å². The van der Waals surface area contributed by atoms with Crippen LogP contribution in [-0.4, -0.2) is 18.9 Å². The number of Topliss-reactive ketones (excluding diaryl/α,β-unsaturated/α-hetero) is 1. The molecule has 3 nitrogen and oxygen atoms in total. The average molecular weight is 182 g/mol. The third-order valence-electron chi connectivity index (χ3n) is 3.42. The molecule has 0 spiro atoms. The van der Waals surface area contributed by atoms with Crippen molar-refractivity contribution < 1.29 is 14.3 Å². The van der Waals surface area contributed by atoms with Gasteiger partial charge < -0.3 is 4.74 Å². The lowest BCUT2D eigenvalue weighted by molar-refractivity contribution is -0.153.